The molecule has 2 bridgehead atoms. The van der Waals surface area contributed by atoms with Crippen LogP contribution in [0, 0.1) is 0 Å². The summed E-state index contributed by atoms with van der Waals surface area (Å²) < 4.78 is 46.5. The van der Waals surface area contributed by atoms with Crippen LogP contribution in [-0.4, -0.2) is 41.2 Å². The molecule has 180 valence electrons. The number of aliphatic hydroxyl groups is 1. The lowest BCUT2D eigenvalue weighted by Crippen LogP contribution is -2.19. The number of hydrogen-bond acceptors (Lipinski definition) is 6. The number of imidazole rings is 1. The van der Waals surface area contributed by atoms with Crippen molar-refractivity contribution in [3.8, 4) is 16.9 Å². The molecule has 4 heterocycles. The van der Waals surface area contributed by atoms with E-state index in [1.54, 1.807) is 38.4 Å². The first-order valence-electron chi connectivity index (χ1n) is 11.2. The van der Waals surface area contributed by atoms with E-state index in [4.69, 9.17) is 9.72 Å². The van der Waals surface area contributed by atoms with Gasteiger partial charge in [0.1, 0.15) is 17.2 Å². The highest BCUT2D eigenvalue weighted by Gasteiger charge is 2.42. The van der Waals surface area contributed by atoms with Gasteiger partial charge in [-0.25, -0.2) is 15.0 Å². The van der Waals surface area contributed by atoms with E-state index in [1.165, 1.54) is 6.07 Å². The number of halogens is 2. The van der Waals surface area contributed by atoms with Crippen molar-refractivity contribution >= 4 is 21.8 Å². The zero-order chi connectivity index (χ0) is 24.5. The van der Waals surface area contributed by atoms with Gasteiger partial charge in [-0.3, -0.25) is 4.21 Å². The quantitative estimate of drug-likeness (QED) is 0.447. The first-order valence-corrected chi connectivity index (χ1v) is 12.6. The third-order valence-electron chi connectivity index (χ3n) is 6.61. The maximum atomic E-state index is 13.2. The smallest absolute Gasteiger partial charge is 0.387 e. The Balaban J connectivity index is 1.50. The Kier molecular flexibility index (Phi) is 5.01. The molecule has 0 saturated heterocycles. The molecule has 6 rings (SSSR count). The van der Waals surface area contributed by atoms with E-state index in [0.29, 0.717) is 28.5 Å². The number of alkyl halides is 2. The number of aromatic nitrogens is 4. The van der Waals surface area contributed by atoms with Crippen LogP contribution in [-0.2, 0) is 16.4 Å². The minimum absolute atomic E-state index is 0.0537. The lowest BCUT2D eigenvalue weighted by Gasteiger charge is -2.21. The summed E-state index contributed by atoms with van der Waals surface area (Å²) in [4.78, 5) is 14.0. The molecule has 0 amide bonds. The minimum Gasteiger partial charge on any atom is -0.434 e. The molecular formula is C25H22F2N4O3S. The highest BCUT2D eigenvalue weighted by atomic mass is 32.2. The zero-order valence-electron chi connectivity index (χ0n) is 19.0. The second-order valence-electron chi connectivity index (χ2n) is 9.40. The zero-order valence-corrected chi connectivity index (χ0v) is 19.8. The Labute approximate surface area is 202 Å². The predicted molar refractivity (Wildman–Crippen MR) is 126 cm³/mol. The minimum atomic E-state index is -2.98. The van der Waals surface area contributed by atoms with Crippen LogP contribution in [0.5, 0.6) is 5.75 Å². The van der Waals surface area contributed by atoms with Crippen molar-refractivity contribution in [2.24, 2.45) is 0 Å². The van der Waals surface area contributed by atoms with Gasteiger partial charge in [0.15, 0.2) is 5.82 Å². The molecule has 10 heteroatoms. The highest BCUT2D eigenvalue weighted by Crippen LogP contribution is 2.50. The molecule has 2 aromatic heterocycles. The standard InChI is InChI=1S/C25H22F2N4O3S/c1-25(2,32)23-28-10-15(11-29-23)13-6-7-16-17(8-13)31-18-9-14(22(31)30-16)12-35(33)20-5-3-4-19(21(18)20)34-24(26)27/h3-8,10-11,14,18,24,32H,9,12H2,1-2H3/t14-,18+,35+/m0/s1. The molecular weight excluding hydrogens is 474 g/mol. The molecule has 35 heavy (non-hydrogen) atoms. The van der Waals surface area contributed by atoms with E-state index in [-0.39, 0.29) is 17.7 Å². The van der Waals surface area contributed by atoms with E-state index in [1.807, 2.05) is 18.2 Å². The molecule has 3 atom stereocenters. The van der Waals surface area contributed by atoms with Crippen LogP contribution in [0.25, 0.3) is 22.2 Å². The van der Waals surface area contributed by atoms with Gasteiger partial charge in [0, 0.05) is 40.1 Å². The van der Waals surface area contributed by atoms with E-state index >= 15 is 0 Å². The monoisotopic (exact) mass is 496 g/mol. The Bertz CT molecular complexity index is 1480. The molecule has 1 N–H and O–H groups in total. The third kappa shape index (κ3) is 3.63. The Hall–Kier alpha value is -3.24. The van der Waals surface area contributed by atoms with Gasteiger partial charge in [-0.2, -0.15) is 8.78 Å². The Morgan fingerprint density at radius 2 is 1.94 bits per heavy atom. The van der Waals surface area contributed by atoms with Gasteiger partial charge < -0.3 is 14.4 Å². The van der Waals surface area contributed by atoms with Gasteiger partial charge >= 0.3 is 6.61 Å². The van der Waals surface area contributed by atoms with Gasteiger partial charge in [0.25, 0.3) is 0 Å². The maximum Gasteiger partial charge on any atom is 0.387 e. The summed E-state index contributed by atoms with van der Waals surface area (Å²) in [5.74, 6) is 1.51. The van der Waals surface area contributed by atoms with Crippen molar-refractivity contribution in [3.63, 3.8) is 0 Å². The molecule has 0 spiro atoms. The van der Waals surface area contributed by atoms with Crippen LogP contribution in [0.1, 0.15) is 49.4 Å². The summed E-state index contributed by atoms with van der Waals surface area (Å²) in [7, 11) is -1.35. The molecule has 2 aliphatic heterocycles. The van der Waals surface area contributed by atoms with Crippen molar-refractivity contribution in [1.82, 2.24) is 19.5 Å². The van der Waals surface area contributed by atoms with Crippen LogP contribution in [0.4, 0.5) is 8.78 Å². The van der Waals surface area contributed by atoms with Gasteiger partial charge in [0.05, 0.1) is 27.9 Å². The predicted octanol–water partition coefficient (Wildman–Crippen LogP) is 4.52. The Morgan fingerprint density at radius 3 is 2.66 bits per heavy atom. The van der Waals surface area contributed by atoms with Gasteiger partial charge in [0.2, 0.25) is 0 Å². The van der Waals surface area contributed by atoms with E-state index in [0.717, 1.165) is 28.0 Å². The fourth-order valence-corrected chi connectivity index (χ4v) is 6.63. The lowest BCUT2D eigenvalue weighted by molar-refractivity contribution is -0.0508. The molecule has 2 aromatic carbocycles. The molecule has 0 aliphatic carbocycles. The number of nitrogens with zero attached hydrogens (tertiary/aromatic N) is 4. The van der Waals surface area contributed by atoms with E-state index in [9.17, 15) is 18.1 Å². The molecule has 0 unspecified atom stereocenters. The fraction of sp³-hybridized carbons (Fsp3) is 0.320. The third-order valence-corrected chi connectivity index (χ3v) is 8.16. The molecule has 0 fully saturated rings. The van der Waals surface area contributed by atoms with Crippen molar-refractivity contribution in [3.05, 3.63) is 66.0 Å². The number of ether oxygens (including phenoxy) is 1. The summed E-state index contributed by atoms with van der Waals surface area (Å²) in [6.07, 6.45) is 3.95. The number of fused-ring (bicyclic) bond motifs is 9. The number of rotatable bonds is 4. The molecule has 4 aromatic rings. The number of hydrogen-bond donors (Lipinski definition) is 1. The normalized spacial score (nSPS) is 21.1. The van der Waals surface area contributed by atoms with E-state index in [2.05, 4.69) is 14.5 Å². The second-order valence-corrected chi connectivity index (χ2v) is 10.9. The average molecular weight is 497 g/mol. The SMILES string of the molecule is CC(C)(O)c1ncc(-c2ccc3nc4n(c3c2)[C@@H]2C[C@H]4C[S@@](=O)c3cccc(OC(F)F)c32)cn1. The second kappa shape index (κ2) is 7.89. The maximum absolute atomic E-state index is 13.2. The van der Waals surface area contributed by atoms with Crippen LogP contribution in [0.15, 0.2) is 53.7 Å². The van der Waals surface area contributed by atoms with Gasteiger partial charge in [-0.15, -0.1) is 0 Å². The average Bonchev–Trinajstić information content (AvgIpc) is 3.30. The molecule has 7 nitrogen and oxygen atoms in total. The lowest BCUT2D eigenvalue weighted by atomic mass is 9.98. The molecule has 2 aliphatic rings. The topological polar surface area (TPSA) is 90.1 Å². The van der Waals surface area contributed by atoms with Crippen LogP contribution in [0.3, 0.4) is 0 Å². The first-order chi connectivity index (χ1) is 16.7. The summed E-state index contributed by atoms with van der Waals surface area (Å²) in [6, 6.07) is 10.3. The first kappa shape index (κ1) is 22.2. The van der Waals surface area contributed by atoms with Gasteiger partial charge in [-0.1, -0.05) is 12.1 Å². The van der Waals surface area contributed by atoms with Gasteiger partial charge in [-0.05, 0) is 50.1 Å². The summed E-state index contributed by atoms with van der Waals surface area (Å²) in [6.45, 7) is 0.273. The fourth-order valence-electron chi connectivity index (χ4n) is 5.09. The largest absolute Gasteiger partial charge is 0.434 e. The Morgan fingerprint density at radius 1 is 1.17 bits per heavy atom. The summed E-state index contributed by atoms with van der Waals surface area (Å²) >= 11 is 0. The highest BCUT2D eigenvalue weighted by molar-refractivity contribution is 7.85. The van der Waals surface area contributed by atoms with Crippen LogP contribution in [0.2, 0.25) is 0 Å². The van der Waals surface area contributed by atoms with E-state index < -0.39 is 23.0 Å². The molecule has 0 saturated carbocycles. The molecule has 0 radical (unpaired) electrons. The van der Waals surface area contributed by atoms with Crippen molar-refractivity contribution in [1.29, 1.82) is 0 Å². The van der Waals surface area contributed by atoms with Crippen molar-refractivity contribution in [2.45, 2.75) is 49.3 Å². The van der Waals surface area contributed by atoms with Crippen molar-refractivity contribution < 1.29 is 22.8 Å². The van der Waals surface area contributed by atoms with Crippen molar-refractivity contribution in [2.75, 3.05) is 5.75 Å². The van der Waals surface area contributed by atoms with Crippen LogP contribution >= 0.6 is 0 Å². The number of benzene rings is 2. The van der Waals surface area contributed by atoms with Crippen LogP contribution < -0.4 is 4.74 Å². The summed E-state index contributed by atoms with van der Waals surface area (Å²) in [5.41, 5.74) is 2.65. The summed E-state index contributed by atoms with van der Waals surface area (Å²) in [5, 5.41) is 10.1.